The minimum atomic E-state index is -0.589. The quantitative estimate of drug-likeness (QED) is 0.656. The molecule has 0 radical (unpaired) electrons. The molecule has 1 heterocycles. The highest BCUT2D eigenvalue weighted by atomic mass is 19.1. The van der Waals surface area contributed by atoms with Crippen LogP contribution in [0.4, 0.5) is 4.39 Å². The predicted octanol–water partition coefficient (Wildman–Crippen LogP) is 1.26. The van der Waals surface area contributed by atoms with Crippen molar-refractivity contribution in [3.8, 4) is 17.4 Å². The number of halogens is 1. The number of hydrogen-bond donors (Lipinski definition) is 1. The average Bonchev–Trinajstić information content (AvgIpc) is 2.79. The second kappa shape index (κ2) is 6.00. The molecule has 0 fully saturated rings. The summed E-state index contributed by atoms with van der Waals surface area (Å²) in [5, 5.41) is 13.1. The highest BCUT2D eigenvalue weighted by molar-refractivity contribution is 5.70. The molecule has 2 aromatic rings. The molecule has 0 atom stereocenters. The molecule has 0 bridgehead atoms. The third-order valence-electron chi connectivity index (χ3n) is 2.31. The van der Waals surface area contributed by atoms with Crippen molar-refractivity contribution in [2.24, 2.45) is 0 Å². The Morgan fingerprint density at radius 2 is 2.20 bits per heavy atom. The lowest BCUT2D eigenvalue weighted by molar-refractivity contribution is -0.145. The molecule has 2 rings (SSSR count). The summed E-state index contributed by atoms with van der Waals surface area (Å²) in [6.45, 7) is 1.49. The number of carbonyl (C=O) groups excluding carboxylic acids is 1. The number of ether oxygens (including phenoxy) is 2. The number of hydrogen-bond acceptors (Lipinski definition) is 6. The van der Waals surface area contributed by atoms with E-state index in [-0.39, 0.29) is 24.0 Å². The lowest BCUT2D eigenvalue weighted by Gasteiger charge is -2.00. The van der Waals surface area contributed by atoms with E-state index < -0.39 is 18.4 Å². The molecule has 1 N–H and O–H groups in total. The normalized spacial score (nSPS) is 10.3. The van der Waals surface area contributed by atoms with E-state index in [1.807, 2.05) is 0 Å². The number of nitrogens with zero attached hydrogens (tertiary/aromatic N) is 3. The van der Waals surface area contributed by atoms with Gasteiger partial charge in [0.2, 0.25) is 5.82 Å². The van der Waals surface area contributed by atoms with E-state index in [1.165, 1.54) is 18.2 Å². The van der Waals surface area contributed by atoms with Gasteiger partial charge in [-0.2, -0.15) is 4.98 Å². The second-order valence-corrected chi connectivity index (χ2v) is 3.68. The molecule has 1 aromatic carbocycles. The maximum absolute atomic E-state index is 13.6. The van der Waals surface area contributed by atoms with Gasteiger partial charge in [0.25, 0.3) is 0 Å². The minimum absolute atomic E-state index is 0.0634. The van der Waals surface area contributed by atoms with Gasteiger partial charge in [0.15, 0.2) is 6.61 Å². The highest BCUT2D eigenvalue weighted by Gasteiger charge is 2.16. The molecule has 7 nitrogen and oxygen atoms in total. The highest BCUT2D eigenvalue weighted by Crippen LogP contribution is 2.21. The Bertz CT molecular complexity index is 614. The topological polar surface area (TPSA) is 86.5 Å². The summed E-state index contributed by atoms with van der Waals surface area (Å²) in [6, 6.07) is 5.50. The Balaban J connectivity index is 2.14. The summed E-state index contributed by atoms with van der Waals surface area (Å²) in [6.07, 6.45) is 0. The molecule has 1 aromatic heterocycles. The fourth-order valence-corrected chi connectivity index (χ4v) is 1.48. The average molecular weight is 281 g/mol. The summed E-state index contributed by atoms with van der Waals surface area (Å²) >= 11 is 0. The van der Waals surface area contributed by atoms with E-state index in [0.29, 0.717) is 4.85 Å². The van der Waals surface area contributed by atoms with E-state index in [0.717, 1.165) is 0 Å². The van der Waals surface area contributed by atoms with E-state index in [4.69, 9.17) is 4.74 Å². The molecule has 0 saturated heterocycles. The molecule has 0 aliphatic carbocycles. The summed E-state index contributed by atoms with van der Waals surface area (Å²) < 4.78 is 23.2. The van der Waals surface area contributed by atoms with E-state index in [1.54, 1.807) is 13.0 Å². The molecule has 0 amide bonds. The van der Waals surface area contributed by atoms with Gasteiger partial charge in [-0.05, 0) is 19.1 Å². The van der Waals surface area contributed by atoms with Crippen LogP contribution in [-0.4, -0.2) is 39.3 Å². The monoisotopic (exact) mass is 281 g/mol. The third-order valence-corrected chi connectivity index (χ3v) is 2.31. The zero-order valence-electron chi connectivity index (χ0n) is 10.6. The largest absolute Gasteiger partial charge is 0.463 e. The van der Waals surface area contributed by atoms with Crippen LogP contribution >= 0.6 is 0 Å². The second-order valence-electron chi connectivity index (χ2n) is 3.68. The van der Waals surface area contributed by atoms with Crippen LogP contribution in [0.15, 0.2) is 24.3 Å². The fraction of sp³-hybridized carbons (Fsp3) is 0.250. The van der Waals surface area contributed by atoms with Crippen molar-refractivity contribution >= 4 is 5.97 Å². The molecular formula is C12H12FN3O4. The van der Waals surface area contributed by atoms with E-state index in [2.05, 4.69) is 14.8 Å². The molecule has 0 spiro atoms. The lowest BCUT2D eigenvalue weighted by atomic mass is 10.2. The van der Waals surface area contributed by atoms with Crippen LogP contribution in [0.1, 0.15) is 6.92 Å². The van der Waals surface area contributed by atoms with Crippen molar-refractivity contribution in [3.05, 3.63) is 30.1 Å². The smallest absolute Gasteiger partial charge is 0.344 e. The Morgan fingerprint density at radius 3 is 2.90 bits per heavy atom. The molecule has 20 heavy (non-hydrogen) atoms. The van der Waals surface area contributed by atoms with Gasteiger partial charge in [0, 0.05) is 0 Å². The molecule has 0 unspecified atom stereocenters. The predicted molar refractivity (Wildman–Crippen MR) is 64.7 cm³/mol. The SMILES string of the molecule is CCOC(=O)COc1nc(-c2ccccc2F)n(O)n1. The summed E-state index contributed by atoms with van der Waals surface area (Å²) in [7, 11) is 0. The van der Waals surface area contributed by atoms with Gasteiger partial charge in [-0.1, -0.05) is 22.1 Å². The molecular weight excluding hydrogens is 269 g/mol. The van der Waals surface area contributed by atoms with Gasteiger partial charge >= 0.3 is 12.0 Å². The van der Waals surface area contributed by atoms with Gasteiger partial charge in [-0.25, -0.2) is 9.18 Å². The van der Waals surface area contributed by atoms with Crippen molar-refractivity contribution in [2.45, 2.75) is 6.92 Å². The van der Waals surface area contributed by atoms with E-state index in [9.17, 15) is 14.4 Å². The van der Waals surface area contributed by atoms with Gasteiger partial charge in [0.05, 0.1) is 12.2 Å². The molecule has 0 aliphatic heterocycles. The first-order valence-corrected chi connectivity index (χ1v) is 5.81. The first-order chi connectivity index (χ1) is 9.61. The van der Waals surface area contributed by atoms with Crippen molar-refractivity contribution in [2.75, 3.05) is 13.2 Å². The van der Waals surface area contributed by atoms with Crippen LogP contribution in [0, 0.1) is 5.82 Å². The van der Waals surface area contributed by atoms with Crippen LogP contribution in [0.25, 0.3) is 11.4 Å². The van der Waals surface area contributed by atoms with Gasteiger partial charge < -0.3 is 14.7 Å². The zero-order valence-corrected chi connectivity index (χ0v) is 10.6. The Labute approximate surface area is 113 Å². The van der Waals surface area contributed by atoms with Crippen molar-refractivity contribution in [1.82, 2.24) is 14.9 Å². The third kappa shape index (κ3) is 3.02. The first kappa shape index (κ1) is 13.8. The molecule has 0 saturated carbocycles. The summed E-state index contributed by atoms with van der Waals surface area (Å²) in [4.78, 5) is 15.3. The van der Waals surface area contributed by atoms with Gasteiger partial charge in [-0.15, -0.1) is 0 Å². The number of benzene rings is 1. The van der Waals surface area contributed by atoms with Crippen LogP contribution < -0.4 is 4.74 Å². The van der Waals surface area contributed by atoms with E-state index >= 15 is 0 Å². The Morgan fingerprint density at radius 1 is 1.45 bits per heavy atom. The maximum atomic E-state index is 13.6. The van der Waals surface area contributed by atoms with Crippen molar-refractivity contribution in [1.29, 1.82) is 0 Å². The number of carbonyl (C=O) groups is 1. The van der Waals surface area contributed by atoms with Crippen LogP contribution in [0.5, 0.6) is 6.01 Å². The molecule has 8 heteroatoms. The Hall–Kier alpha value is -2.64. The first-order valence-electron chi connectivity index (χ1n) is 5.81. The number of rotatable bonds is 5. The fourth-order valence-electron chi connectivity index (χ4n) is 1.48. The van der Waals surface area contributed by atoms with Crippen LogP contribution in [-0.2, 0) is 9.53 Å². The van der Waals surface area contributed by atoms with Crippen molar-refractivity contribution in [3.63, 3.8) is 0 Å². The molecule has 106 valence electrons. The van der Waals surface area contributed by atoms with Gasteiger partial charge in [-0.3, -0.25) is 0 Å². The standard InChI is InChI=1S/C12H12FN3O4/c1-2-19-10(17)7-20-12-14-11(16(18)15-12)8-5-3-4-6-9(8)13/h3-6,18H,2,7H2,1H3. The maximum Gasteiger partial charge on any atom is 0.344 e. The summed E-state index contributed by atoms with van der Waals surface area (Å²) in [5.74, 6) is -1.27. The number of aromatic nitrogens is 3. The van der Waals surface area contributed by atoms with Crippen LogP contribution in [0.2, 0.25) is 0 Å². The van der Waals surface area contributed by atoms with Gasteiger partial charge in [0.1, 0.15) is 5.82 Å². The zero-order chi connectivity index (χ0) is 14.5. The van der Waals surface area contributed by atoms with Crippen LogP contribution in [0.3, 0.4) is 0 Å². The number of esters is 1. The molecule has 0 aliphatic rings. The minimum Gasteiger partial charge on any atom is -0.463 e. The van der Waals surface area contributed by atoms with Crippen molar-refractivity contribution < 1.29 is 23.9 Å². The summed E-state index contributed by atoms with van der Waals surface area (Å²) in [5.41, 5.74) is 0.0634. The Kier molecular flexibility index (Phi) is 4.14. The lowest BCUT2D eigenvalue weighted by Crippen LogP contribution is -2.15.